The van der Waals surface area contributed by atoms with E-state index in [9.17, 15) is 9.59 Å². The van der Waals surface area contributed by atoms with Crippen molar-refractivity contribution >= 4 is 16.9 Å². The Hall–Kier alpha value is -2.04. The Morgan fingerprint density at radius 2 is 2.33 bits per heavy atom. The molecule has 15 heavy (non-hydrogen) atoms. The first kappa shape index (κ1) is 9.51. The van der Waals surface area contributed by atoms with Crippen LogP contribution in [-0.4, -0.2) is 20.7 Å². The molecule has 0 spiro atoms. The van der Waals surface area contributed by atoms with Gasteiger partial charge >= 0.3 is 0 Å². The number of ketones is 1. The summed E-state index contributed by atoms with van der Waals surface area (Å²) in [5.41, 5.74) is 0.919. The minimum absolute atomic E-state index is 0.0557. The van der Waals surface area contributed by atoms with Gasteiger partial charge in [-0.3, -0.25) is 9.59 Å². The van der Waals surface area contributed by atoms with E-state index in [0.717, 1.165) is 0 Å². The van der Waals surface area contributed by atoms with Gasteiger partial charge in [-0.05, 0) is 19.1 Å². The molecule has 0 aliphatic carbocycles. The second kappa shape index (κ2) is 3.61. The molecule has 0 aromatic carbocycles. The van der Waals surface area contributed by atoms with Crippen LogP contribution >= 0.6 is 0 Å². The zero-order chi connectivity index (χ0) is 10.8. The third kappa shape index (κ3) is 1.90. The molecule has 2 aromatic rings. The molecule has 0 aliphatic rings. The lowest BCUT2D eigenvalue weighted by Crippen LogP contribution is -2.18. The molecule has 76 valence electrons. The van der Waals surface area contributed by atoms with E-state index >= 15 is 0 Å². The van der Waals surface area contributed by atoms with Crippen molar-refractivity contribution in [2.24, 2.45) is 0 Å². The van der Waals surface area contributed by atoms with Crippen molar-refractivity contribution in [1.82, 2.24) is 15.0 Å². The summed E-state index contributed by atoms with van der Waals surface area (Å²) in [7, 11) is 0. The lowest BCUT2D eigenvalue weighted by Gasteiger charge is -1.98. The molecule has 5 heteroatoms. The molecule has 1 N–H and O–H groups in total. The normalized spacial score (nSPS) is 10.5. The van der Waals surface area contributed by atoms with Crippen LogP contribution < -0.4 is 5.56 Å². The van der Waals surface area contributed by atoms with Crippen molar-refractivity contribution in [1.29, 1.82) is 0 Å². The predicted molar refractivity (Wildman–Crippen MR) is 54.5 cm³/mol. The van der Waals surface area contributed by atoms with Gasteiger partial charge in [-0.2, -0.15) is 0 Å². The number of Topliss-reactive ketones (excluding diaryl/α,β-unsaturated/α-hetero) is 1. The smallest absolute Gasteiger partial charge is 0.271 e. The molecule has 0 aliphatic heterocycles. The molecule has 2 heterocycles. The number of nitrogens with zero attached hydrogens (tertiary/aromatic N) is 2. The highest BCUT2D eigenvalue weighted by Crippen LogP contribution is 2.02. The number of hydrogen-bond donors (Lipinski definition) is 1. The van der Waals surface area contributed by atoms with Gasteiger partial charge in [0.2, 0.25) is 0 Å². The Kier molecular flexibility index (Phi) is 2.29. The van der Waals surface area contributed by atoms with Gasteiger partial charge in [0.05, 0.1) is 6.42 Å². The summed E-state index contributed by atoms with van der Waals surface area (Å²) < 4.78 is 0. The van der Waals surface area contributed by atoms with Crippen LogP contribution in [0.5, 0.6) is 0 Å². The quantitative estimate of drug-likeness (QED) is 0.768. The Labute approximate surface area is 85.2 Å². The summed E-state index contributed by atoms with van der Waals surface area (Å²) in [4.78, 5) is 33.0. The number of carbonyl (C=O) groups is 1. The number of aromatic amines is 1. The predicted octanol–water partition coefficient (Wildman–Crippen LogP) is 0.450. The Morgan fingerprint density at radius 1 is 1.53 bits per heavy atom. The molecule has 0 fully saturated rings. The topological polar surface area (TPSA) is 75.7 Å². The van der Waals surface area contributed by atoms with Crippen LogP contribution in [0.1, 0.15) is 12.6 Å². The third-order valence-electron chi connectivity index (χ3n) is 1.95. The van der Waals surface area contributed by atoms with Crippen LogP contribution in [0.4, 0.5) is 0 Å². The maximum absolute atomic E-state index is 11.5. The fraction of sp³-hybridized carbons (Fsp3) is 0.200. The average molecular weight is 203 g/mol. The molecule has 5 nitrogen and oxygen atoms in total. The third-order valence-corrected chi connectivity index (χ3v) is 1.95. The average Bonchev–Trinajstić information content (AvgIpc) is 2.18. The molecular weight excluding hydrogens is 194 g/mol. The van der Waals surface area contributed by atoms with Crippen molar-refractivity contribution < 1.29 is 4.79 Å². The lowest BCUT2D eigenvalue weighted by molar-refractivity contribution is -0.116. The minimum Gasteiger partial charge on any atom is -0.304 e. The van der Waals surface area contributed by atoms with E-state index in [4.69, 9.17) is 0 Å². The maximum Gasteiger partial charge on any atom is 0.271 e. The Balaban J connectivity index is 2.62. The number of pyridine rings is 1. The zero-order valence-electron chi connectivity index (χ0n) is 8.15. The largest absolute Gasteiger partial charge is 0.304 e. The van der Waals surface area contributed by atoms with E-state index in [1.54, 1.807) is 18.3 Å². The van der Waals surface area contributed by atoms with E-state index in [1.165, 1.54) is 6.92 Å². The van der Waals surface area contributed by atoms with Crippen LogP contribution in [0.15, 0.2) is 23.1 Å². The van der Waals surface area contributed by atoms with E-state index in [0.29, 0.717) is 11.2 Å². The number of carbonyl (C=O) groups excluding carboxylic acids is 1. The molecule has 0 saturated heterocycles. The maximum atomic E-state index is 11.5. The van der Waals surface area contributed by atoms with E-state index < -0.39 is 0 Å². The number of H-pyrrole nitrogens is 1. The molecule has 0 amide bonds. The zero-order valence-corrected chi connectivity index (χ0v) is 8.15. The molecule has 2 rings (SSSR count). The van der Waals surface area contributed by atoms with Gasteiger partial charge in [0.15, 0.2) is 5.65 Å². The second-order valence-corrected chi connectivity index (χ2v) is 3.26. The fourth-order valence-electron chi connectivity index (χ4n) is 1.31. The minimum atomic E-state index is -0.351. The number of fused-ring (bicyclic) bond motifs is 1. The summed E-state index contributed by atoms with van der Waals surface area (Å²) in [6, 6.07) is 3.47. The van der Waals surface area contributed by atoms with E-state index in [2.05, 4.69) is 15.0 Å². The van der Waals surface area contributed by atoms with Crippen molar-refractivity contribution in [3.8, 4) is 0 Å². The van der Waals surface area contributed by atoms with Gasteiger partial charge in [-0.25, -0.2) is 9.97 Å². The molecule has 0 saturated carbocycles. The van der Waals surface area contributed by atoms with Crippen molar-refractivity contribution in [2.45, 2.75) is 13.3 Å². The highest BCUT2D eigenvalue weighted by Gasteiger charge is 2.06. The van der Waals surface area contributed by atoms with Gasteiger partial charge in [0.1, 0.15) is 17.0 Å². The Morgan fingerprint density at radius 3 is 3.07 bits per heavy atom. The van der Waals surface area contributed by atoms with Crippen molar-refractivity contribution in [2.75, 3.05) is 0 Å². The molecule has 2 aromatic heterocycles. The molecule has 0 atom stereocenters. The number of aromatic nitrogens is 3. The fourth-order valence-corrected chi connectivity index (χ4v) is 1.31. The lowest BCUT2D eigenvalue weighted by atomic mass is 10.2. The van der Waals surface area contributed by atoms with Gasteiger partial charge in [0, 0.05) is 6.20 Å². The number of nitrogens with one attached hydrogen (secondary N) is 1. The SMILES string of the molecule is CC(=O)Cc1nc2cccnc2[nH]c1=O. The monoisotopic (exact) mass is 203 g/mol. The first-order valence-electron chi connectivity index (χ1n) is 4.50. The summed E-state index contributed by atoms with van der Waals surface area (Å²) in [6.07, 6.45) is 1.63. The van der Waals surface area contributed by atoms with Gasteiger partial charge in [-0.15, -0.1) is 0 Å². The van der Waals surface area contributed by atoms with Gasteiger partial charge in [0.25, 0.3) is 5.56 Å². The summed E-state index contributed by atoms with van der Waals surface area (Å²) in [5, 5.41) is 0. The molecule has 0 unspecified atom stereocenters. The molecule has 0 radical (unpaired) electrons. The van der Waals surface area contributed by atoms with E-state index in [-0.39, 0.29) is 23.5 Å². The highest BCUT2D eigenvalue weighted by atomic mass is 16.1. The summed E-state index contributed by atoms with van der Waals surface area (Å²) >= 11 is 0. The van der Waals surface area contributed by atoms with Crippen molar-refractivity contribution in [3.63, 3.8) is 0 Å². The van der Waals surface area contributed by atoms with Crippen LogP contribution in [0, 0.1) is 0 Å². The van der Waals surface area contributed by atoms with E-state index in [1.807, 2.05) is 0 Å². The highest BCUT2D eigenvalue weighted by molar-refractivity contribution is 5.78. The number of hydrogen-bond acceptors (Lipinski definition) is 4. The van der Waals surface area contributed by atoms with Crippen LogP contribution in [0.3, 0.4) is 0 Å². The van der Waals surface area contributed by atoms with Gasteiger partial charge < -0.3 is 4.98 Å². The van der Waals surface area contributed by atoms with Crippen molar-refractivity contribution in [3.05, 3.63) is 34.4 Å². The summed E-state index contributed by atoms with van der Waals surface area (Å²) in [6.45, 7) is 1.43. The second-order valence-electron chi connectivity index (χ2n) is 3.26. The van der Waals surface area contributed by atoms with Crippen LogP contribution in [0.2, 0.25) is 0 Å². The standard InChI is InChI=1S/C10H9N3O2/c1-6(14)5-8-10(15)13-9-7(12-8)3-2-4-11-9/h2-4H,5H2,1H3,(H,11,13,15). The first-order valence-corrected chi connectivity index (χ1v) is 4.50. The summed E-state index contributed by atoms with van der Waals surface area (Å²) in [5.74, 6) is -0.0868. The van der Waals surface area contributed by atoms with Crippen LogP contribution in [-0.2, 0) is 11.2 Å². The molecular formula is C10H9N3O2. The molecule has 0 bridgehead atoms. The van der Waals surface area contributed by atoms with Gasteiger partial charge in [-0.1, -0.05) is 0 Å². The van der Waals surface area contributed by atoms with Crippen LogP contribution in [0.25, 0.3) is 11.2 Å². The Bertz CT molecular complexity index is 574. The number of rotatable bonds is 2. The first-order chi connectivity index (χ1) is 7.16.